The van der Waals surface area contributed by atoms with E-state index in [1.54, 1.807) is 13.8 Å². The van der Waals surface area contributed by atoms with Gasteiger partial charge in [0.15, 0.2) is 23.9 Å². The number of rotatable bonds is 9. The summed E-state index contributed by atoms with van der Waals surface area (Å²) in [5.41, 5.74) is -7.03. The van der Waals surface area contributed by atoms with E-state index in [2.05, 4.69) is 18.0 Å². The Morgan fingerprint density at radius 3 is 1.98 bits per heavy atom. The molecule has 0 radical (unpaired) electrons. The molecular formula is C36H50O15. The van der Waals surface area contributed by atoms with Gasteiger partial charge in [0.2, 0.25) is 5.78 Å². The molecule has 0 aromatic carbocycles. The van der Waals surface area contributed by atoms with Crippen LogP contribution in [0, 0.1) is 17.3 Å². The lowest BCUT2D eigenvalue weighted by Crippen LogP contribution is -2.61. The summed E-state index contributed by atoms with van der Waals surface area (Å²) < 4.78 is 28.7. The van der Waals surface area contributed by atoms with Crippen LogP contribution in [0.5, 0.6) is 0 Å². The fraction of sp³-hybridized carbons (Fsp3) is 0.611. The van der Waals surface area contributed by atoms with E-state index in [9.17, 15) is 44.2 Å². The predicted octanol–water partition coefficient (Wildman–Crippen LogP) is 2.87. The van der Waals surface area contributed by atoms with Crippen molar-refractivity contribution in [3.63, 3.8) is 0 Å². The van der Waals surface area contributed by atoms with Gasteiger partial charge in [0.1, 0.15) is 17.8 Å². The predicted molar refractivity (Wildman–Crippen MR) is 178 cm³/mol. The van der Waals surface area contributed by atoms with Crippen LogP contribution in [-0.4, -0.2) is 98.9 Å². The molecule has 1 unspecified atom stereocenters. The standard InChI is InChI=1S/C36H50O15/c1-13-17(2)31(41)48-27-18(3)16-36(50-24(9)39)25(27)26(40)20(5)28(49-32(42)19(4)21(6)51-45)29(46-22(7)37)30(47-23(8)38)34(10,11)14-15-35(12,44)33(36)43/h13-15,18,21,25-30,40,44-45H,4-5,16H2,1-3,6-12H3/b15-14+,17-13-/t18-,21?,25-,26-,27-,28-,29+,30+,35+,36+/m0/s1. The highest BCUT2D eigenvalue weighted by Gasteiger charge is 2.66. The maximum Gasteiger partial charge on any atom is 0.336 e. The molecule has 0 spiro atoms. The number of Topliss-reactive ketones (excluding diaryl/α,β-unsaturated/α-hetero) is 1. The molecule has 0 saturated heterocycles. The number of fused-ring (bicyclic) bond motifs is 1. The van der Waals surface area contributed by atoms with Crippen LogP contribution in [0.15, 0.2) is 48.1 Å². The number of hydrogen-bond donors (Lipinski definition) is 3. The number of allylic oxidation sites excluding steroid dienone is 1. The topological polar surface area (TPSA) is 218 Å². The normalized spacial score (nSPS) is 33.7. The third-order valence-corrected chi connectivity index (χ3v) is 9.24. The molecule has 51 heavy (non-hydrogen) atoms. The van der Waals surface area contributed by atoms with Crippen molar-refractivity contribution in [2.24, 2.45) is 17.3 Å². The van der Waals surface area contributed by atoms with E-state index in [-0.39, 0.29) is 12.0 Å². The van der Waals surface area contributed by atoms with Crippen molar-refractivity contribution in [1.82, 2.24) is 0 Å². The van der Waals surface area contributed by atoms with Crippen molar-refractivity contribution in [2.75, 3.05) is 0 Å². The average molecular weight is 723 g/mol. The first-order valence-corrected chi connectivity index (χ1v) is 16.3. The molecule has 1 fully saturated rings. The Kier molecular flexibility index (Phi) is 13.9. The number of ketones is 1. The van der Waals surface area contributed by atoms with Gasteiger partial charge in [-0.05, 0) is 45.3 Å². The maximum atomic E-state index is 14.6. The van der Waals surface area contributed by atoms with E-state index in [0.29, 0.717) is 0 Å². The number of carbonyl (C=O) groups is 6. The Morgan fingerprint density at radius 1 is 0.922 bits per heavy atom. The van der Waals surface area contributed by atoms with E-state index in [4.69, 9.17) is 23.7 Å². The van der Waals surface area contributed by atoms with Gasteiger partial charge in [0.05, 0.1) is 17.6 Å². The summed E-state index contributed by atoms with van der Waals surface area (Å²) in [7, 11) is 0. The van der Waals surface area contributed by atoms with Crippen LogP contribution < -0.4 is 0 Å². The van der Waals surface area contributed by atoms with Crippen molar-refractivity contribution in [3.05, 3.63) is 48.1 Å². The second kappa shape index (κ2) is 16.4. The molecule has 0 amide bonds. The van der Waals surface area contributed by atoms with Gasteiger partial charge < -0.3 is 33.9 Å². The summed E-state index contributed by atoms with van der Waals surface area (Å²) in [6.45, 7) is 20.7. The summed E-state index contributed by atoms with van der Waals surface area (Å²) in [6, 6.07) is 0. The lowest BCUT2D eigenvalue weighted by atomic mass is 9.71. The highest BCUT2D eigenvalue weighted by atomic mass is 17.1. The van der Waals surface area contributed by atoms with E-state index in [1.165, 1.54) is 39.8 Å². The van der Waals surface area contributed by atoms with Crippen LogP contribution in [0.2, 0.25) is 0 Å². The largest absolute Gasteiger partial charge is 0.458 e. The minimum Gasteiger partial charge on any atom is -0.458 e. The Labute approximate surface area is 297 Å². The molecule has 2 aliphatic rings. The summed E-state index contributed by atoms with van der Waals surface area (Å²) in [5, 5.41) is 33.3. The minimum absolute atomic E-state index is 0.168. The number of ether oxygens (including phenoxy) is 5. The third kappa shape index (κ3) is 9.39. The summed E-state index contributed by atoms with van der Waals surface area (Å²) in [6.07, 6.45) is -6.58. The van der Waals surface area contributed by atoms with E-state index in [0.717, 1.165) is 33.8 Å². The van der Waals surface area contributed by atoms with Crippen LogP contribution >= 0.6 is 0 Å². The zero-order valence-corrected chi connectivity index (χ0v) is 30.7. The van der Waals surface area contributed by atoms with Gasteiger partial charge in [-0.25, -0.2) is 14.5 Å². The molecule has 1 saturated carbocycles. The fourth-order valence-electron chi connectivity index (χ4n) is 6.41. The molecule has 0 bridgehead atoms. The highest BCUT2D eigenvalue weighted by molar-refractivity contribution is 5.98. The van der Waals surface area contributed by atoms with Gasteiger partial charge in [0.25, 0.3) is 0 Å². The number of carbonyl (C=O) groups excluding carboxylic acids is 6. The smallest absolute Gasteiger partial charge is 0.336 e. The summed E-state index contributed by atoms with van der Waals surface area (Å²) in [5.74, 6) is -8.48. The van der Waals surface area contributed by atoms with Crippen molar-refractivity contribution in [1.29, 1.82) is 0 Å². The van der Waals surface area contributed by atoms with Gasteiger partial charge in [-0.15, -0.1) is 0 Å². The van der Waals surface area contributed by atoms with Gasteiger partial charge in [-0.3, -0.25) is 24.4 Å². The zero-order chi connectivity index (χ0) is 39.4. The van der Waals surface area contributed by atoms with Crippen molar-refractivity contribution in [3.8, 4) is 0 Å². The maximum absolute atomic E-state index is 14.6. The van der Waals surface area contributed by atoms with Crippen molar-refractivity contribution >= 4 is 35.6 Å². The molecule has 0 aliphatic heterocycles. The molecule has 284 valence electrons. The zero-order valence-electron chi connectivity index (χ0n) is 30.7. The van der Waals surface area contributed by atoms with Crippen LogP contribution in [0.1, 0.15) is 75.7 Å². The second-order valence-electron chi connectivity index (χ2n) is 13.9. The van der Waals surface area contributed by atoms with Gasteiger partial charge in [-0.2, -0.15) is 0 Å². The molecule has 15 nitrogen and oxygen atoms in total. The van der Waals surface area contributed by atoms with E-state index >= 15 is 0 Å². The molecule has 0 aromatic rings. The Morgan fingerprint density at radius 2 is 1.49 bits per heavy atom. The molecule has 0 aromatic heterocycles. The number of aliphatic hydroxyl groups is 2. The molecular weight excluding hydrogens is 672 g/mol. The van der Waals surface area contributed by atoms with Gasteiger partial charge in [-0.1, -0.05) is 46.1 Å². The Bertz CT molecular complexity index is 1490. The Balaban J connectivity index is 3.13. The molecule has 3 N–H and O–H groups in total. The van der Waals surface area contributed by atoms with E-state index in [1.807, 2.05) is 0 Å². The summed E-state index contributed by atoms with van der Waals surface area (Å²) in [4.78, 5) is 83.4. The molecule has 2 aliphatic carbocycles. The molecule has 2 rings (SSSR count). The number of aliphatic hydroxyl groups excluding tert-OH is 1. The van der Waals surface area contributed by atoms with Crippen LogP contribution in [0.4, 0.5) is 0 Å². The van der Waals surface area contributed by atoms with Gasteiger partial charge in [0, 0.05) is 38.2 Å². The van der Waals surface area contributed by atoms with Crippen LogP contribution in [0.3, 0.4) is 0 Å². The van der Waals surface area contributed by atoms with Crippen molar-refractivity contribution < 1.29 is 72.8 Å². The molecule has 15 heteroatoms. The first kappa shape index (κ1) is 43.0. The van der Waals surface area contributed by atoms with Gasteiger partial charge >= 0.3 is 29.8 Å². The van der Waals surface area contributed by atoms with Crippen molar-refractivity contribution in [2.45, 2.75) is 123 Å². The quantitative estimate of drug-likeness (QED) is 0.0778. The number of hydrogen-bond acceptors (Lipinski definition) is 15. The minimum atomic E-state index is -2.44. The second-order valence-corrected chi connectivity index (χ2v) is 13.9. The van der Waals surface area contributed by atoms with E-state index < -0.39 is 112 Å². The monoisotopic (exact) mass is 722 g/mol. The lowest BCUT2D eigenvalue weighted by Gasteiger charge is -2.44. The number of esters is 5. The van der Waals surface area contributed by atoms with Crippen LogP contribution in [0.25, 0.3) is 0 Å². The summed E-state index contributed by atoms with van der Waals surface area (Å²) >= 11 is 0. The molecule has 10 atom stereocenters. The molecule has 0 heterocycles. The third-order valence-electron chi connectivity index (χ3n) is 9.24. The highest BCUT2D eigenvalue weighted by Crippen LogP contribution is 2.51. The fourth-order valence-corrected chi connectivity index (χ4v) is 6.41. The SMILES string of the molecule is C=C(C(=O)O[C@H]1C(=C)[C@H](O)[C@H]2[C@@H](OC(=O)/C(C)=C\C)[C@@H](C)C[C@]2(OC(C)=O)C(=O)[C@](C)(O)/C=C/C(C)(C)[C@H](OC(C)=O)[C@@H]1OC(C)=O)C(C)OO. The van der Waals surface area contributed by atoms with Crippen LogP contribution in [-0.2, 0) is 57.3 Å². The Hall–Kier alpha value is -4.18. The first-order chi connectivity index (χ1) is 23.4. The lowest BCUT2D eigenvalue weighted by molar-refractivity contribution is -0.264. The first-order valence-electron chi connectivity index (χ1n) is 16.3. The average Bonchev–Trinajstić information content (AvgIpc) is 3.31.